The number of nitriles is 1. The molecule has 5 nitrogen and oxygen atoms in total. The molecule has 2 atom stereocenters. The van der Waals surface area contributed by atoms with Crippen LogP contribution >= 0.6 is 0 Å². The van der Waals surface area contributed by atoms with E-state index in [1.165, 1.54) is 12.1 Å². The van der Waals surface area contributed by atoms with Gasteiger partial charge >= 0.3 is 5.97 Å². The molecular weight excluding hydrogens is 222 g/mol. The molecule has 0 aliphatic rings. The molecule has 0 bridgehead atoms. The van der Waals surface area contributed by atoms with E-state index >= 15 is 0 Å². The van der Waals surface area contributed by atoms with E-state index in [2.05, 4.69) is 0 Å². The predicted octanol–water partition coefficient (Wildman–Crippen LogP) is 1.16. The van der Waals surface area contributed by atoms with Gasteiger partial charge in [0, 0.05) is 0 Å². The Morgan fingerprint density at radius 1 is 1.53 bits per heavy atom. The summed E-state index contributed by atoms with van der Waals surface area (Å²) in [7, 11) is 0. The maximum atomic E-state index is 10.9. The Labute approximate surface area is 98.9 Å². The highest BCUT2D eigenvalue weighted by molar-refractivity contribution is 5.73. The quantitative estimate of drug-likeness (QED) is 0.799. The van der Waals surface area contributed by atoms with Crippen molar-refractivity contribution in [3.05, 3.63) is 29.8 Å². The third-order valence-corrected chi connectivity index (χ3v) is 2.27. The molecule has 5 heteroatoms. The van der Waals surface area contributed by atoms with Gasteiger partial charge in [-0.1, -0.05) is 19.1 Å². The molecule has 0 aliphatic heterocycles. The first kappa shape index (κ1) is 13.0. The van der Waals surface area contributed by atoms with Crippen LogP contribution < -0.4 is 4.74 Å². The summed E-state index contributed by atoms with van der Waals surface area (Å²) < 4.78 is 5.18. The number of rotatable bonds is 5. The number of carboxylic acid groups (broad SMARTS) is 1. The highest BCUT2D eigenvalue weighted by Crippen LogP contribution is 2.19. The predicted molar refractivity (Wildman–Crippen MR) is 59.5 cm³/mol. The highest BCUT2D eigenvalue weighted by atomic mass is 16.5. The molecule has 0 saturated heterocycles. The average molecular weight is 235 g/mol. The van der Waals surface area contributed by atoms with Crippen LogP contribution in [0, 0.1) is 11.3 Å². The van der Waals surface area contributed by atoms with E-state index in [9.17, 15) is 9.90 Å². The third kappa shape index (κ3) is 3.20. The Morgan fingerprint density at radius 3 is 2.71 bits per heavy atom. The van der Waals surface area contributed by atoms with Crippen molar-refractivity contribution < 1.29 is 19.7 Å². The molecule has 1 aromatic carbocycles. The summed E-state index contributed by atoms with van der Waals surface area (Å²) in [5, 5.41) is 27.3. The number of ether oxygens (including phenoxy) is 1. The van der Waals surface area contributed by atoms with E-state index in [0.29, 0.717) is 0 Å². The lowest BCUT2D eigenvalue weighted by Crippen LogP contribution is -2.38. The second kappa shape index (κ2) is 5.87. The van der Waals surface area contributed by atoms with Crippen molar-refractivity contribution in [1.29, 1.82) is 5.26 Å². The van der Waals surface area contributed by atoms with Gasteiger partial charge in [-0.3, -0.25) is 0 Å². The number of carboxylic acids is 1. The van der Waals surface area contributed by atoms with Crippen LogP contribution in [0.4, 0.5) is 0 Å². The molecule has 0 heterocycles. The van der Waals surface area contributed by atoms with Gasteiger partial charge < -0.3 is 14.9 Å². The lowest BCUT2D eigenvalue weighted by Gasteiger charge is -2.19. The SMILES string of the molecule is CCC(O)[C@@H](Oc1ccccc1C#N)C(=O)O. The van der Waals surface area contributed by atoms with Crippen LogP contribution in [0.2, 0.25) is 0 Å². The number of carbonyl (C=O) groups is 1. The monoisotopic (exact) mass is 235 g/mol. The Balaban J connectivity index is 2.94. The molecule has 1 rings (SSSR count). The molecule has 1 aromatic rings. The zero-order chi connectivity index (χ0) is 12.8. The van der Waals surface area contributed by atoms with Crippen LogP contribution in [0.15, 0.2) is 24.3 Å². The van der Waals surface area contributed by atoms with Gasteiger partial charge in [-0.15, -0.1) is 0 Å². The summed E-state index contributed by atoms with van der Waals surface area (Å²) in [4.78, 5) is 10.9. The summed E-state index contributed by atoms with van der Waals surface area (Å²) in [6.07, 6.45) is -2.22. The largest absolute Gasteiger partial charge is 0.478 e. The van der Waals surface area contributed by atoms with Gasteiger partial charge in [0.1, 0.15) is 17.9 Å². The fourth-order valence-corrected chi connectivity index (χ4v) is 1.31. The summed E-state index contributed by atoms with van der Waals surface area (Å²) in [5.74, 6) is -1.10. The number of aliphatic hydroxyl groups is 1. The van der Waals surface area contributed by atoms with Crippen molar-refractivity contribution in [2.24, 2.45) is 0 Å². The number of hydrogen-bond acceptors (Lipinski definition) is 4. The van der Waals surface area contributed by atoms with E-state index < -0.39 is 18.2 Å². The maximum absolute atomic E-state index is 10.9. The first-order valence-electron chi connectivity index (χ1n) is 5.16. The van der Waals surface area contributed by atoms with Crippen molar-refractivity contribution in [2.45, 2.75) is 25.6 Å². The topological polar surface area (TPSA) is 90.5 Å². The van der Waals surface area contributed by atoms with Crippen molar-refractivity contribution in [3.63, 3.8) is 0 Å². The van der Waals surface area contributed by atoms with Crippen molar-refractivity contribution in [2.75, 3.05) is 0 Å². The molecule has 1 unspecified atom stereocenters. The van der Waals surface area contributed by atoms with Gasteiger partial charge in [0.2, 0.25) is 6.10 Å². The van der Waals surface area contributed by atoms with Crippen molar-refractivity contribution >= 4 is 5.97 Å². The van der Waals surface area contributed by atoms with Crippen LogP contribution in [0.25, 0.3) is 0 Å². The second-order valence-electron chi connectivity index (χ2n) is 3.46. The smallest absolute Gasteiger partial charge is 0.347 e. The third-order valence-electron chi connectivity index (χ3n) is 2.27. The summed E-state index contributed by atoms with van der Waals surface area (Å²) in [6, 6.07) is 8.20. The van der Waals surface area contributed by atoms with E-state index in [1.54, 1.807) is 19.1 Å². The lowest BCUT2D eigenvalue weighted by molar-refractivity contribution is -0.150. The standard InChI is InChI=1S/C12H13NO4/c1-2-9(14)11(12(15)16)17-10-6-4-3-5-8(10)7-13/h3-6,9,11,14H,2H2,1H3,(H,15,16)/t9?,11-/m1/s1. The lowest BCUT2D eigenvalue weighted by atomic mass is 10.1. The van der Waals surface area contributed by atoms with Gasteiger partial charge in [-0.25, -0.2) is 4.79 Å². The van der Waals surface area contributed by atoms with Crippen molar-refractivity contribution in [1.82, 2.24) is 0 Å². The zero-order valence-corrected chi connectivity index (χ0v) is 9.33. The minimum atomic E-state index is -1.37. The second-order valence-corrected chi connectivity index (χ2v) is 3.46. The molecule has 0 aromatic heterocycles. The number of aliphatic hydroxyl groups excluding tert-OH is 1. The first-order chi connectivity index (χ1) is 8.10. The molecule has 90 valence electrons. The minimum absolute atomic E-state index is 0.162. The van der Waals surface area contributed by atoms with Crippen LogP contribution in [0.5, 0.6) is 5.75 Å². The fraction of sp³-hybridized carbons (Fsp3) is 0.333. The molecule has 2 N–H and O–H groups in total. The van der Waals surface area contributed by atoms with Gasteiger partial charge in [0.05, 0.1) is 5.56 Å². The Kier molecular flexibility index (Phi) is 4.49. The first-order valence-corrected chi connectivity index (χ1v) is 5.16. The van der Waals surface area contributed by atoms with Gasteiger partial charge in [0.25, 0.3) is 0 Å². The van der Waals surface area contributed by atoms with Gasteiger partial charge in [0.15, 0.2) is 0 Å². The normalized spacial score (nSPS) is 13.5. The van der Waals surface area contributed by atoms with Gasteiger partial charge in [-0.05, 0) is 18.6 Å². The van der Waals surface area contributed by atoms with E-state index in [1.807, 2.05) is 6.07 Å². The maximum Gasteiger partial charge on any atom is 0.347 e. The van der Waals surface area contributed by atoms with Gasteiger partial charge in [-0.2, -0.15) is 5.26 Å². The molecule has 0 radical (unpaired) electrons. The number of nitrogens with zero attached hydrogens (tertiary/aromatic N) is 1. The van der Waals surface area contributed by atoms with Crippen LogP contribution in [-0.4, -0.2) is 28.4 Å². The molecule has 0 aliphatic carbocycles. The van der Waals surface area contributed by atoms with Crippen LogP contribution in [0.3, 0.4) is 0 Å². The molecule has 0 saturated carbocycles. The minimum Gasteiger partial charge on any atom is -0.478 e. The van der Waals surface area contributed by atoms with Crippen LogP contribution in [0.1, 0.15) is 18.9 Å². The molecule has 0 spiro atoms. The molecular formula is C12H13NO4. The zero-order valence-electron chi connectivity index (χ0n) is 9.33. The number of para-hydroxylation sites is 1. The van der Waals surface area contributed by atoms with E-state index in [0.717, 1.165) is 0 Å². The van der Waals surface area contributed by atoms with E-state index in [-0.39, 0.29) is 17.7 Å². The number of hydrogen-bond donors (Lipinski definition) is 2. The highest BCUT2D eigenvalue weighted by Gasteiger charge is 2.27. The van der Waals surface area contributed by atoms with Crippen molar-refractivity contribution in [3.8, 4) is 11.8 Å². The number of benzene rings is 1. The number of aliphatic carboxylic acids is 1. The molecule has 0 amide bonds. The Hall–Kier alpha value is -2.06. The Morgan fingerprint density at radius 2 is 2.18 bits per heavy atom. The fourth-order valence-electron chi connectivity index (χ4n) is 1.31. The Bertz CT molecular complexity index is 438. The molecule has 17 heavy (non-hydrogen) atoms. The molecule has 0 fully saturated rings. The summed E-state index contributed by atoms with van der Waals surface area (Å²) in [5.41, 5.74) is 0.238. The summed E-state index contributed by atoms with van der Waals surface area (Å²) in [6.45, 7) is 1.65. The van der Waals surface area contributed by atoms with Crippen LogP contribution in [-0.2, 0) is 4.79 Å². The summed E-state index contributed by atoms with van der Waals surface area (Å²) >= 11 is 0. The van der Waals surface area contributed by atoms with E-state index in [4.69, 9.17) is 15.1 Å². The average Bonchev–Trinajstić information content (AvgIpc) is 2.35.